The molecule has 3 aromatic carbocycles. The maximum absolute atomic E-state index is 13.6. The Labute approximate surface area is 275 Å². The van der Waals surface area contributed by atoms with Crippen molar-refractivity contribution in [2.45, 2.75) is 24.9 Å². The Kier molecular flexibility index (Phi) is 9.74. The zero-order valence-electron chi connectivity index (χ0n) is 27.5. The number of carbonyl (C=O) groups is 2. The number of hydrogen-bond donors (Lipinski definition) is 0. The van der Waals surface area contributed by atoms with Gasteiger partial charge in [0.25, 0.3) is 0 Å². The van der Waals surface area contributed by atoms with Gasteiger partial charge in [0.2, 0.25) is 12.5 Å². The van der Waals surface area contributed by atoms with E-state index in [0.717, 1.165) is 48.3 Å². The molecule has 1 fully saturated rings. The number of hydrogen-bond acceptors (Lipinski definition) is 11. The molecule has 0 bridgehead atoms. The van der Waals surface area contributed by atoms with Crippen molar-refractivity contribution in [1.82, 2.24) is 9.80 Å². The van der Waals surface area contributed by atoms with Gasteiger partial charge < -0.3 is 43.0 Å². The third-order valence-electron chi connectivity index (χ3n) is 9.32. The van der Waals surface area contributed by atoms with Gasteiger partial charge in [-0.25, -0.2) is 4.79 Å². The first-order chi connectivity index (χ1) is 22.8. The Hall–Kier alpha value is -4.48. The molecule has 0 spiro atoms. The lowest BCUT2D eigenvalue weighted by atomic mass is 9.62. The lowest BCUT2D eigenvalue weighted by Crippen LogP contribution is -2.37. The monoisotopic (exact) mass is 646 g/mol. The van der Waals surface area contributed by atoms with Crippen molar-refractivity contribution < 1.29 is 42.7 Å². The predicted octanol–water partition coefficient (Wildman–Crippen LogP) is 5.05. The molecule has 0 unspecified atom stereocenters. The quantitative estimate of drug-likeness (QED) is 0.195. The van der Waals surface area contributed by atoms with Crippen molar-refractivity contribution in [3.63, 3.8) is 0 Å². The van der Waals surface area contributed by atoms with Crippen molar-refractivity contribution in [3.8, 4) is 28.7 Å². The van der Waals surface area contributed by atoms with Crippen LogP contribution >= 0.6 is 0 Å². The van der Waals surface area contributed by atoms with E-state index >= 15 is 0 Å². The molecule has 0 saturated carbocycles. The van der Waals surface area contributed by atoms with Gasteiger partial charge in [-0.05, 0) is 86.5 Å². The van der Waals surface area contributed by atoms with Crippen LogP contribution in [0.15, 0.2) is 54.6 Å². The molecule has 3 aromatic rings. The van der Waals surface area contributed by atoms with Crippen molar-refractivity contribution in [2.75, 3.05) is 68.4 Å². The van der Waals surface area contributed by atoms with Gasteiger partial charge in [-0.15, -0.1) is 0 Å². The molecule has 11 heteroatoms. The molecule has 1 saturated heterocycles. The van der Waals surface area contributed by atoms with Gasteiger partial charge >= 0.3 is 12.1 Å². The SMILES string of the molecule is COc1cc([C@@H]2c3cc4c(cc3[C@@H](CCN(C)CCN(C)C)[C@H]3COC(=O)[C@H]23)OCO4)cc(OC)c1OC(=O)OCc1ccccc1. The molecule has 0 N–H and O–H groups in total. The summed E-state index contributed by atoms with van der Waals surface area (Å²) in [4.78, 5) is 30.8. The van der Waals surface area contributed by atoms with Crippen LogP contribution in [0.3, 0.4) is 0 Å². The average Bonchev–Trinajstić information content (AvgIpc) is 3.70. The predicted molar refractivity (Wildman–Crippen MR) is 173 cm³/mol. The molecule has 0 aromatic heterocycles. The van der Waals surface area contributed by atoms with E-state index in [4.69, 9.17) is 33.2 Å². The van der Waals surface area contributed by atoms with Crippen LogP contribution in [0.25, 0.3) is 0 Å². The standard InChI is InChI=1S/C36H42N2O9/c1-37(2)13-14-38(3)12-11-24-25-17-28-29(46-21-45-28)18-26(25)32(33-27(24)20-43-35(33)39)23-15-30(41-4)34(31(16-23)42-5)47-36(40)44-19-22-9-7-6-8-10-22/h6-10,15-18,24,27,32-33H,11-14,19-21H2,1-5H3/t24-,27-,32-,33+/m1/s1. The minimum absolute atomic E-state index is 0.0507. The molecular formula is C36H42N2O9. The number of methoxy groups -OCH3 is 2. The zero-order chi connectivity index (χ0) is 33.1. The summed E-state index contributed by atoms with van der Waals surface area (Å²) in [6.45, 7) is 3.29. The molecule has 2 aliphatic heterocycles. The van der Waals surface area contributed by atoms with Crippen molar-refractivity contribution in [2.24, 2.45) is 11.8 Å². The number of benzene rings is 3. The van der Waals surface area contributed by atoms with Gasteiger partial charge in [0.05, 0.1) is 26.7 Å². The normalized spacial score (nSPS) is 20.9. The summed E-state index contributed by atoms with van der Waals surface area (Å²) in [7, 11) is 9.25. The second-order valence-electron chi connectivity index (χ2n) is 12.5. The Balaban J connectivity index is 1.34. The van der Waals surface area contributed by atoms with E-state index in [1.807, 2.05) is 36.4 Å². The Morgan fingerprint density at radius 1 is 0.872 bits per heavy atom. The Morgan fingerprint density at radius 2 is 1.55 bits per heavy atom. The van der Waals surface area contributed by atoms with Crippen LogP contribution in [-0.4, -0.2) is 90.3 Å². The molecule has 4 atom stereocenters. The summed E-state index contributed by atoms with van der Waals surface area (Å²) in [5.41, 5.74) is 3.67. The maximum Gasteiger partial charge on any atom is 0.514 e. The van der Waals surface area contributed by atoms with E-state index in [0.29, 0.717) is 18.1 Å². The first-order valence-corrected chi connectivity index (χ1v) is 15.8. The maximum atomic E-state index is 13.6. The lowest BCUT2D eigenvalue weighted by Gasteiger charge is -2.40. The largest absolute Gasteiger partial charge is 0.514 e. The fourth-order valence-electron chi connectivity index (χ4n) is 6.90. The summed E-state index contributed by atoms with van der Waals surface area (Å²) in [5, 5.41) is 0. The van der Waals surface area contributed by atoms with Crippen LogP contribution in [0.2, 0.25) is 0 Å². The summed E-state index contributed by atoms with van der Waals surface area (Å²) in [6, 6.07) is 17.0. The van der Waals surface area contributed by atoms with Crippen LogP contribution in [0.4, 0.5) is 4.79 Å². The molecule has 3 aliphatic rings. The Morgan fingerprint density at radius 3 is 2.21 bits per heavy atom. The molecule has 1 aliphatic carbocycles. The molecular weight excluding hydrogens is 604 g/mol. The number of carbonyl (C=O) groups excluding carboxylic acids is 2. The summed E-state index contributed by atoms with van der Waals surface area (Å²) in [5.74, 6) is 0.895. The molecule has 0 radical (unpaired) electrons. The zero-order valence-corrected chi connectivity index (χ0v) is 27.5. The number of esters is 1. The van der Waals surface area contributed by atoms with E-state index in [9.17, 15) is 9.59 Å². The summed E-state index contributed by atoms with van der Waals surface area (Å²) in [6.07, 6.45) is -0.0437. The number of ether oxygens (including phenoxy) is 7. The molecule has 11 nitrogen and oxygen atoms in total. The molecule has 0 amide bonds. The van der Waals surface area contributed by atoms with Crippen LogP contribution in [0.5, 0.6) is 28.7 Å². The Bertz CT molecular complexity index is 1570. The van der Waals surface area contributed by atoms with E-state index < -0.39 is 18.0 Å². The highest BCUT2D eigenvalue weighted by Crippen LogP contribution is 2.57. The van der Waals surface area contributed by atoms with Crippen molar-refractivity contribution in [1.29, 1.82) is 0 Å². The second kappa shape index (κ2) is 14.1. The van der Waals surface area contributed by atoms with E-state index in [1.54, 1.807) is 12.1 Å². The fourth-order valence-corrected chi connectivity index (χ4v) is 6.90. The van der Waals surface area contributed by atoms with E-state index in [-0.39, 0.29) is 48.5 Å². The summed E-state index contributed by atoms with van der Waals surface area (Å²) >= 11 is 0. The van der Waals surface area contributed by atoms with Gasteiger partial charge in [0, 0.05) is 24.9 Å². The number of likely N-dealkylation sites (N-methyl/N-ethyl adjacent to an activating group) is 2. The number of nitrogens with zero attached hydrogens (tertiary/aromatic N) is 2. The third kappa shape index (κ3) is 6.82. The number of rotatable bonds is 12. The van der Waals surface area contributed by atoms with Gasteiger partial charge in [0.1, 0.15) is 6.61 Å². The molecule has 6 rings (SSSR count). The van der Waals surface area contributed by atoms with Crippen LogP contribution in [-0.2, 0) is 20.9 Å². The minimum atomic E-state index is -0.897. The van der Waals surface area contributed by atoms with Gasteiger partial charge in [-0.3, -0.25) is 4.79 Å². The van der Waals surface area contributed by atoms with Gasteiger partial charge in [-0.2, -0.15) is 0 Å². The highest BCUT2D eigenvalue weighted by Gasteiger charge is 2.52. The highest BCUT2D eigenvalue weighted by molar-refractivity contribution is 5.79. The first kappa shape index (κ1) is 32.5. The van der Waals surface area contributed by atoms with Crippen molar-refractivity contribution >= 4 is 12.1 Å². The number of cyclic esters (lactones) is 1. The second-order valence-corrected chi connectivity index (χ2v) is 12.5. The van der Waals surface area contributed by atoms with E-state index in [1.165, 1.54) is 14.2 Å². The smallest absolute Gasteiger partial charge is 0.493 e. The molecule has 47 heavy (non-hydrogen) atoms. The average molecular weight is 647 g/mol. The fraction of sp³-hybridized carbons (Fsp3) is 0.444. The topological polar surface area (TPSA) is 105 Å². The van der Waals surface area contributed by atoms with Crippen LogP contribution in [0.1, 0.15) is 40.5 Å². The van der Waals surface area contributed by atoms with Gasteiger partial charge in [0.15, 0.2) is 23.0 Å². The van der Waals surface area contributed by atoms with Crippen LogP contribution < -0.4 is 23.7 Å². The summed E-state index contributed by atoms with van der Waals surface area (Å²) < 4.78 is 39.8. The minimum Gasteiger partial charge on any atom is -0.493 e. The third-order valence-corrected chi connectivity index (χ3v) is 9.32. The van der Waals surface area contributed by atoms with E-state index in [2.05, 4.69) is 37.0 Å². The van der Waals surface area contributed by atoms with Crippen molar-refractivity contribution in [3.05, 3.63) is 76.9 Å². The lowest BCUT2D eigenvalue weighted by molar-refractivity contribution is -0.141. The first-order valence-electron chi connectivity index (χ1n) is 15.8. The number of fused-ring (bicyclic) bond motifs is 3. The molecule has 2 heterocycles. The van der Waals surface area contributed by atoms with Crippen LogP contribution in [0, 0.1) is 11.8 Å². The van der Waals surface area contributed by atoms with Gasteiger partial charge in [-0.1, -0.05) is 30.3 Å². The molecule has 250 valence electrons. The highest BCUT2D eigenvalue weighted by atomic mass is 16.7.